The summed E-state index contributed by atoms with van der Waals surface area (Å²) in [5, 5.41) is 0. The van der Waals surface area contributed by atoms with Crippen LogP contribution in [-0.4, -0.2) is 30.5 Å². The van der Waals surface area contributed by atoms with Gasteiger partial charge in [-0.15, -0.1) is 0 Å². The third-order valence-electron chi connectivity index (χ3n) is 1.94. The summed E-state index contributed by atoms with van der Waals surface area (Å²) in [4.78, 5) is 26.8. The molecule has 1 rings (SSSR count). The van der Waals surface area contributed by atoms with Crippen molar-refractivity contribution in [3.8, 4) is 0 Å². The van der Waals surface area contributed by atoms with Crippen molar-refractivity contribution in [2.45, 2.75) is 13.3 Å². The van der Waals surface area contributed by atoms with Crippen molar-refractivity contribution in [2.24, 2.45) is 0 Å². The Morgan fingerprint density at radius 2 is 2.27 bits per heavy atom. The molecule has 1 aromatic rings. The molecular weight excluding hydrogens is 196 g/mol. The predicted molar refractivity (Wildman–Crippen MR) is 55.5 cm³/mol. The molecule has 0 aliphatic carbocycles. The number of esters is 1. The van der Waals surface area contributed by atoms with Crippen LogP contribution < -0.4 is 4.90 Å². The maximum atomic E-state index is 11.5. The smallest absolute Gasteiger partial charge is 0.315 e. The molecule has 0 aliphatic heterocycles. The van der Waals surface area contributed by atoms with Crippen molar-refractivity contribution in [3.05, 3.63) is 18.5 Å². The van der Waals surface area contributed by atoms with Gasteiger partial charge in [0, 0.05) is 19.4 Å². The van der Waals surface area contributed by atoms with Crippen LogP contribution in [0.4, 0.5) is 5.69 Å². The zero-order valence-corrected chi connectivity index (χ0v) is 8.82. The van der Waals surface area contributed by atoms with E-state index >= 15 is 0 Å². The number of aromatic nitrogens is 1. The van der Waals surface area contributed by atoms with E-state index in [0.717, 1.165) is 5.69 Å². The van der Waals surface area contributed by atoms with Crippen molar-refractivity contribution in [3.63, 3.8) is 0 Å². The van der Waals surface area contributed by atoms with Crippen molar-refractivity contribution < 1.29 is 14.3 Å². The summed E-state index contributed by atoms with van der Waals surface area (Å²) < 4.78 is 4.69. The van der Waals surface area contributed by atoms with E-state index in [9.17, 15) is 9.59 Å². The Kier molecular flexibility index (Phi) is 3.91. The van der Waals surface area contributed by atoms with Crippen LogP contribution >= 0.6 is 0 Å². The number of aromatic amines is 1. The molecule has 1 heterocycles. The second-order valence-electron chi connectivity index (χ2n) is 3.00. The molecule has 0 aliphatic rings. The number of amides is 1. The Morgan fingerprint density at radius 1 is 1.53 bits per heavy atom. The van der Waals surface area contributed by atoms with Crippen LogP contribution in [0, 0.1) is 0 Å². The van der Waals surface area contributed by atoms with Gasteiger partial charge in [-0.05, 0) is 13.0 Å². The molecule has 82 valence electrons. The molecule has 0 unspecified atom stereocenters. The molecule has 0 spiro atoms. The summed E-state index contributed by atoms with van der Waals surface area (Å²) >= 11 is 0. The third-order valence-corrected chi connectivity index (χ3v) is 1.94. The van der Waals surface area contributed by atoms with Gasteiger partial charge in [-0.1, -0.05) is 0 Å². The molecule has 15 heavy (non-hydrogen) atoms. The van der Waals surface area contributed by atoms with Gasteiger partial charge in [-0.3, -0.25) is 9.59 Å². The number of hydrogen-bond acceptors (Lipinski definition) is 3. The van der Waals surface area contributed by atoms with Gasteiger partial charge in [-0.2, -0.15) is 0 Å². The van der Waals surface area contributed by atoms with E-state index in [1.165, 1.54) is 4.90 Å². The summed E-state index contributed by atoms with van der Waals surface area (Å²) in [7, 11) is 1.62. The maximum Gasteiger partial charge on any atom is 0.315 e. The van der Waals surface area contributed by atoms with Gasteiger partial charge in [0.25, 0.3) is 0 Å². The van der Waals surface area contributed by atoms with E-state index in [4.69, 9.17) is 0 Å². The lowest BCUT2D eigenvalue weighted by atomic mass is 10.3. The van der Waals surface area contributed by atoms with Gasteiger partial charge in [0.2, 0.25) is 5.91 Å². The molecule has 0 saturated heterocycles. The number of ether oxygens (including phenoxy) is 1. The molecule has 0 bridgehead atoms. The van der Waals surface area contributed by atoms with Gasteiger partial charge in [0.15, 0.2) is 0 Å². The quantitative estimate of drug-likeness (QED) is 0.594. The number of anilines is 1. The highest BCUT2D eigenvalue weighted by molar-refractivity contribution is 6.03. The molecule has 1 aromatic heterocycles. The van der Waals surface area contributed by atoms with Crippen molar-refractivity contribution in [1.82, 2.24) is 4.98 Å². The van der Waals surface area contributed by atoms with E-state index in [0.29, 0.717) is 6.61 Å². The largest absolute Gasteiger partial charge is 0.466 e. The number of H-pyrrole nitrogens is 1. The highest BCUT2D eigenvalue weighted by atomic mass is 16.5. The van der Waals surface area contributed by atoms with Crippen LogP contribution in [0.1, 0.15) is 13.3 Å². The van der Waals surface area contributed by atoms with Crippen LogP contribution in [0.2, 0.25) is 0 Å². The zero-order valence-electron chi connectivity index (χ0n) is 8.82. The van der Waals surface area contributed by atoms with Crippen molar-refractivity contribution in [1.29, 1.82) is 0 Å². The Morgan fingerprint density at radius 3 is 2.80 bits per heavy atom. The number of carbonyl (C=O) groups excluding carboxylic acids is 2. The van der Waals surface area contributed by atoms with Crippen LogP contribution in [0.25, 0.3) is 0 Å². The first-order chi connectivity index (χ1) is 7.15. The molecule has 0 saturated carbocycles. The van der Waals surface area contributed by atoms with E-state index < -0.39 is 5.97 Å². The Hall–Kier alpha value is -1.78. The molecular formula is C10H14N2O3. The average Bonchev–Trinajstić information content (AvgIpc) is 2.69. The molecule has 5 nitrogen and oxygen atoms in total. The zero-order chi connectivity index (χ0) is 11.3. The SMILES string of the molecule is CCOC(=O)CC(=O)N(C)c1cc[nH]c1. The lowest BCUT2D eigenvalue weighted by Gasteiger charge is -2.14. The topological polar surface area (TPSA) is 62.4 Å². The van der Waals surface area contributed by atoms with Gasteiger partial charge in [0.1, 0.15) is 6.42 Å². The molecule has 0 aromatic carbocycles. The molecule has 0 atom stereocenters. The Balaban J connectivity index is 2.51. The van der Waals surface area contributed by atoms with E-state index in [-0.39, 0.29) is 12.3 Å². The normalized spacial score (nSPS) is 9.73. The monoisotopic (exact) mass is 210 g/mol. The fourth-order valence-corrected chi connectivity index (χ4v) is 1.12. The number of carbonyl (C=O) groups is 2. The van der Waals surface area contributed by atoms with Crippen LogP contribution in [0.3, 0.4) is 0 Å². The van der Waals surface area contributed by atoms with Gasteiger partial charge in [0.05, 0.1) is 12.3 Å². The average molecular weight is 210 g/mol. The molecule has 1 N–H and O–H groups in total. The minimum absolute atomic E-state index is 0.227. The van der Waals surface area contributed by atoms with E-state index in [1.54, 1.807) is 32.4 Å². The molecule has 0 radical (unpaired) electrons. The van der Waals surface area contributed by atoms with E-state index in [2.05, 4.69) is 9.72 Å². The Bertz CT molecular complexity index is 332. The number of hydrogen-bond donors (Lipinski definition) is 1. The lowest BCUT2D eigenvalue weighted by Crippen LogP contribution is -2.28. The van der Waals surface area contributed by atoms with Gasteiger partial charge >= 0.3 is 5.97 Å². The first-order valence-corrected chi connectivity index (χ1v) is 4.70. The fraction of sp³-hybridized carbons (Fsp3) is 0.400. The van der Waals surface area contributed by atoms with Crippen LogP contribution in [0.15, 0.2) is 18.5 Å². The first kappa shape index (κ1) is 11.3. The highest BCUT2D eigenvalue weighted by Crippen LogP contribution is 2.11. The minimum Gasteiger partial charge on any atom is -0.466 e. The van der Waals surface area contributed by atoms with Crippen LogP contribution in [0.5, 0.6) is 0 Å². The summed E-state index contributed by atoms with van der Waals surface area (Å²) in [6.45, 7) is 2.00. The van der Waals surface area contributed by atoms with Crippen molar-refractivity contribution >= 4 is 17.6 Å². The number of rotatable bonds is 4. The summed E-state index contributed by atoms with van der Waals surface area (Å²) in [6.07, 6.45) is 3.17. The Labute approximate surface area is 88.0 Å². The number of nitrogens with one attached hydrogen (secondary N) is 1. The summed E-state index contributed by atoms with van der Waals surface area (Å²) in [5.41, 5.74) is 0.726. The lowest BCUT2D eigenvalue weighted by molar-refractivity contribution is -0.145. The fourth-order valence-electron chi connectivity index (χ4n) is 1.12. The second-order valence-corrected chi connectivity index (χ2v) is 3.00. The number of nitrogens with zero attached hydrogens (tertiary/aromatic N) is 1. The highest BCUT2D eigenvalue weighted by Gasteiger charge is 2.15. The van der Waals surface area contributed by atoms with Gasteiger partial charge in [-0.25, -0.2) is 0 Å². The van der Waals surface area contributed by atoms with E-state index in [1.807, 2.05) is 0 Å². The molecule has 5 heteroatoms. The first-order valence-electron chi connectivity index (χ1n) is 4.70. The summed E-state index contributed by atoms with van der Waals surface area (Å²) in [6, 6.07) is 1.75. The van der Waals surface area contributed by atoms with Gasteiger partial charge < -0.3 is 14.6 Å². The molecule has 0 fully saturated rings. The predicted octanol–water partition coefficient (Wildman–Crippen LogP) is 0.931. The third kappa shape index (κ3) is 3.12. The standard InChI is InChI=1S/C10H14N2O3/c1-3-15-10(14)6-9(13)12(2)8-4-5-11-7-8/h4-5,7,11H,3,6H2,1-2H3. The minimum atomic E-state index is -0.495. The maximum absolute atomic E-state index is 11.5. The molecule has 1 amide bonds. The van der Waals surface area contributed by atoms with Crippen LogP contribution in [-0.2, 0) is 14.3 Å². The second kappa shape index (κ2) is 5.19. The summed E-state index contributed by atoms with van der Waals surface area (Å²) in [5.74, 6) is -0.780. The van der Waals surface area contributed by atoms with Crippen molar-refractivity contribution in [2.75, 3.05) is 18.6 Å².